The van der Waals surface area contributed by atoms with Crippen LogP contribution in [0.25, 0.3) is 0 Å². The Morgan fingerprint density at radius 2 is 2.14 bits per heavy atom. The molecule has 1 aliphatic heterocycles. The van der Waals surface area contributed by atoms with Gasteiger partial charge < -0.3 is 20.2 Å². The predicted octanol–water partition coefficient (Wildman–Crippen LogP) is 0.627. The van der Waals surface area contributed by atoms with Crippen LogP contribution in [0.2, 0.25) is 0 Å². The number of carbonyl (C=O) groups excluding carboxylic acids is 3. The van der Waals surface area contributed by atoms with Gasteiger partial charge in [0.2, 0.25) is 5.91 Å². The van der Waals surface area contributed by atoms with Crippen molar-refractivity contribution >= 4 is 18.2 Å². The number of amides is 1. The third kappa shape index (κ3) is 2.95. The molecule has 1 saturated heterocycles. The van der Waals surface area contributed by atoms with E-state index in [9.17, 15) is 14.4 Å². The van der Waals surface area contributed by atoms with E-state index in [4.69, 9.17) is 10.5 Å². The van der Waals surface area contributed by atoms with Crippen molar-refractivity contribution in [1.29, 1.82) is 0 Å². The first kappa shape index (κ1) is 15.9. The molecule has 0 aromatic carbocycles. The van der Waals surface area contributed by atoms with Crippen molar-refractivity contribution in [1.82, 2.24) is 4.90 Å². The molecule has 21 heavy (non-hydrogen) atoms. The Morgan fingerprint density at radius 3 is 2.67 bits per heavy atom. The van der Waals surface area contributed by atoms with Gasteiger partial charge >= 0.3 is 5.97 Å². The van der Waals surface area contributed by atoms with Gasteiger partial charge in [-0.1, -0.05) is 19.3 Å². The Balaban J connectivity index is 2.09. The molecule has 118 valence electrons. The summed E-state index contributed by atoms with van der Waals surface area (Å²) in [5.74, 6) is -0.443. The molecule has 0 aromatic rings. The molecule has 2 atom stereocenters. The van der Waals surface area contributed by atoms with Crippen molar-refractivity contribution in [3.05, 3.63) is 0 Å². The molecule has 1 unspecified atom stereocenters. The first-order valence-corrected chi connectivity index (χ1v) is 7.75. The molecule has 0 bridgehead atoms. The maximum Gasteiger partial charge on any atom is 0.339 e. The van der Waals surface area contributed by atoms with E-state index < -0.39 is 17.6 Å². The first-order valence-electron chi connectivity index (χ1n) is 7.75. The number of esters is 1. The second-order valence-electron chi connectivity index (χ2n) is 6.00. The second kappa shape index (κ2) is 6.56. The van der Waals surface area contributed by atoms with Crippen LogP contribution in [0, 0.1) is 5.92 Å². The summed E-state index contributed by atoms with van der Waals surface area (Å²) in [5, 5.41) is 0. The maximum atomic E-state index is 12.5. The Labute approximate surface area is 125 Å². The molecule has 2 fully saturated rings. The number of ether oxygens (including phenoxy) is 1. The molecule has 1 heterocycles. The summed E-state index contributed by atoms with van der Waals surface area (Å²) in [6.07, 6.45) is 5.52. The number of hydrogen-bond acceptors (Lipinski definition) is 5. The van der Waals surface area contributed by atoms with Gasteiger partial charge in [-0.2, -0.15) is 0 Å². The van der Waals surface area contributed by atoms with Crippen molar-refractivity contribution in [3.63, 3.8) is 0 Å². The first-order chi connectivity index (χ1) is 10.0. The molecule has 6 nitrogen and oxygen atoms in total. The lowest BCUT2D eigenvalue weighted by Gasteiger charge is -2.35. The lowest BCUT2D eigenvalue weighted by Crippen LogP contribution is -2.59. The molecule has 1 amide bonds. The SMILES string of the molecule is CCOC(=O)[C@@]1(C=O)CCCN1C(=O)C(N)CC1CCC1. The number of rotatable bonds is 6. The highest BCUT2D eigenvalue weighted by Gasteiger charge is 2.52. The number of likely N-dealkylation sites (tertiary alicyclic amines) is 1. The zero-order chi connectivity index (χ0) is 15.5. The van der Waals surface area contributed by atoms with Gasteiger partial charge in [-0.15, -0.1) is 0 Å². The fourth-order valence-electron chi connectivity index (χ4n) is 3.18. The predicted molar refractivity (Wildman–Crippen MR) is 76.3 cm³/mol. The zero-order valence-electron chi connectivity index (χ0n) is 12.5. The van der Waals surface area contributed by atoms with Crippen LogP contribution in [0.15, 0.2) is 0 Å². The van der Waals surface area contributed by atoms with Crippen molar-refractivity contribution < 1.29 is 19.1 Å². The molecule has 0 spiro atoms. The molecular formula is C15H24N2O4. The Kier molecular flexibility index (Phi) is 4.98. The number of hydrogen-bond donors (Lipinski definition) is 1. The van der Waals surface area contributed by atoms with E-state index in [1.807, 2.05) is 0 Å². The number of nitrogens with zero attached hydrogens (tertiary/aromatic N) is 1. The average Bonchev–Trinajstić information content (AvgIpc) is 2.87. The summed E-state index contributed by atoms with van der Waals surface area (Å²) in [5.41, 5.74) is 4.53. The van der Waals surface area contributed by atoms with Crippen LogP contribution in [-0.2, 0) is 19.1 Å². The van der Waals surface area contributed by atoms with Gasteiger partial charge in [-0.05, 0) is 32.1 Å². The van der Waals surface area contributed by atoms with Crippen molar-refractivity contribution in [2.75, 3.05) is 13.2 Å². The molecule has 2 rings (SSSR count). The molecule has 2 N–H and O–H groups in total. The lowest BCUT2D eigenvalue weighted by molar-refractivity contribution is -0.163. The van der Waals surface area contributed by atoms with E-state index in [0.29, 0.717) is 38.0 Å². The molecular weight excluding hydrogens is 272 g/mol. The normalized spacial score (nSPS) is 27.0. The molecule has 1 saturated carbocycles. The van der Waals surface area contributed by atoms with Gasteiger partial charge in [0.05, 0.1) is 12.6 Å². The van der Waals surface area contributed by atoms with Gasteiger partial charge in [-0.3, -0.25) is 4.79 Å². The van der Waals surface area contributed by atoms with E-state index in [1.54, 1.807) is 6.92 Å². The van der Waals surface area contributed by atoms with E-state index in [-0.39, 0.29) is 12.5 Å². The smallest absolute Gasteiger partial charge is 0.339 e. The van der Waals surface area contributed by atoms with E-state index in [2.05, 4.69) is 0 Å². The van der Waals surface area contributed by atoms with E-state index in [0.717, 1.165) is 12.8 Å². The van der Waals surface area contributed by atoms with Crippen molar-refractivity contribution in [2.24, 2.45) is 11.7 Å². The highest BCUT2D eigenvalue weighted by Crippen LogP contribution is 2.33. The monoisotopic (exact) mass is 296 g/mol. The van der Waals surface area contributed by atoms with Crippen LogP contribution in [0.1, 0.15) is 45.4 Å². The topological polar surface area (TPSA) is 89.7 Å². The summed E-state index contributed by atoms with van der Waals surface area (Å²) in [6.45, 7) is 2.25. The minimum absolute atomic E-state index is 0.185. The van der Waals surface area contributed by atoms with Crippen LogP contribution in [0.5, 0.6) is 0 Å². The highest BCUT2D eigenvalue weighted by atomic mass is 16.5. The Hall–Kier alpha value is -1.43. The number of carbonyl (C=O) groups is 3. The summed E-state index contributed by atoms with van der Waals surface area (Å²) in [7, 11) is 0. The maximum absolute atomic E-state index is 12.5. The zero-order valence-corrected chi connectivity index (χ0v) is 12.5. The third-order valence-corrected chi connectivity index (χ3v) is 4.64. The fraction of sp³-hybridized carbons (Fsp3) is 0.800. The standard InChI is InChI=1S/C15H24N2O4/c1-2-21-14(20)15(10-18)7-4-8-17(15)13(19)12(16)9-11-5-3-6-11/h10-12H,2-9,16H2,1H3/t12?,15-/m0/s1. The molecule has 0 aromatic heterocycles. The van der Waals surface area contributed by atoms with Crippen molar-refractivity contribution in [2.45, 2.75) is 57.0 Å². The van der Waals surface area contributed by atoms with Crippen LogP contribution in [-0.4, -0.2) is 47.8 Å². The summed E-state index contributed by atoms with van der Waals surface area (Å²) < 4.78 is 4.99. The molecule has 2 aliphatic rings. The minimum atomic E-state index is -1.47. The van der Waals surface area contributed by atoms with Gasteiger partial charge in [0.25, 0.3) is 0 Å². The molecule has 1 aliphatic carbocycles. The van der Waals surface area contributed by atoms with E-state index >= 15 is 0 Å². The third-order valence-electron chi connectivity index (χ3n) is 4.64. The van der Waals surface area contributed by atoms with Crippen LogP contribution in [0.4, 0.5) is 0 Å². The molecule has 6 heteroatoms. The van der Waals surface area contributed by atoms with Crippen LogP contribution in [0.3, 0.4) is 0 Å². The minimum Gasteiger partial charge on any atom is -0.464 e. The summed E-state index contributed by atoms with van der Waals surface area (Å²) in [6, 6.07) is -0.637. The summed E-state index contributed by atoms with van der Waals surface area (Å²) >= 11 is 0. The van der Waals surface area contributed by atoms with Gasteiger partial charge in [-0.25, -0.2) is 4.79 Å². The van der Waals surface area contributed by atoms with Gasteiger partial charge in [0.15, 0.2) is 11.8 Å². The van der Waals surface area contributed by atoms with E-state index in [1.165, 1.54) is 11.3 Å². The quantitative estimate of drug-likeness (QED) is 0.441. The fourth-order valence-corrected chi connectivity index (χ4v) is 3.18. The summed E-state index contributed by atoms with van der Waals surface area (Å²) in [4.78, 5) is 37.5. The highest BCUT2D eigenvalue weighted by molar-refractivity contribution is 6.03. The number of nitrogens with two attached hydrogens (primary N) is 1. The van der Waals surface area contributed by atoms with Crippen LogP contribution < -0.4 is 5.73 Å². The Bertz CT molecular complexity index is 422. The van der Waals surface area contributed by atoms with Gasteiger partial charge in [0.1, 0.15) is 0 Å². The molecule has 0 radical (unpaired) electrons. The average molecular weight is 296 g/mol. The van der Waals surface area contributed by atoms with Crippen LogP contribution >= 0.6 is 0 Å². The Morgan fingerprint density at radius 1 is 1.43 bits per heavy atom. The lowest BCUT2D eigenvalue weighted by atomic mass is 9.80. The second-order valence-corrected chi connectivity index (χ2v) is 6.00. The largest absolute Gasteiger partial charge is 0.464 e. The van der Waals surface area contributed by atoms with Gasteiger partial charge in [0, 0.05) is 6.54 Å². The number of aldehydes is 1. The van der Waals surface area contributed by atoms with Crippen molar-refractivity contribution in [3.8, 4) is 0 Å².